The monoisotopic (exact) mass is 372 g/mol. The molecular formula is C21H32N4O2. The van der Waals surface area contributed by atoms with Gasteiger partial charge in [-0.2, -0.15) is 0 Å². The number of nitrogens with zero attached hydrogens (tertiary/aromatic N) is 1. The van der Waals surface area contributed by atoms with E-state index in [4.69, 9.17) is 0 Å². The molecule has 148 valence electrons. The fourth-order valence-corrected chi connectivity index (χ4v) is 3.98. The van der Waals surface area contributed by atoms with Gasteiger partial charge in [-0.05, 0) is 49.9 Å². The van der Waals surface area contributed by atoms with E-state index in [1.807, 2.05) is 29.2 Å². The summed E-state index contributed by atoms with van der Waals surface area (Å²) in [5.74, 6) is -0.139. The molecule has 1 atom stereocenters. The molecular weight excluding hydrogens is 340 g/mol. The van der Waals surface area contributed by atoms with Gasteiger partial charge in [0, 0.05) is 31.4 Å². The largest absolute Gasteiger partial charge is 0.335 e. The van der Waals surface area contributed by atoms with Crippen LogP contribution in [-0.2, 0) is 11.3 Å². The van der Waals surface area contributed by atoms with Crippen LogP contribution in [-0.4, -0.2) is 42.5 Å². The topological polar surface area (TPSA) is 73.5 Å². The molecule has 0 aromatic heterocycles. The zero-order valence-electron chi connectivity index (χ0n) is 16.3. The van der Waals surface area contributed by atoms with Crippen LogP contribution in [0.25, 0.3) is 0 Å². The molecule has 1 aromatic carbocycles. The van der Waals surface area contributed by atoms with E-state index in [2.05, 4.69) is 22.9 Å². The lowest BCUT2D eigenvalue weighted by atomic mass is 9.97. The minimum absolute atomic E-state index is 0.00737. The van der Waals surface area contributed by atoms with Gasteiger partial charge in [0.1, 0.15) is 0 Å². The van der Waals surface area contributed by atoms with Crippen LogP contribution in [0.4, 0.5) is 10.5 Å². The molecule has 3 N–H and O–H groups in total. The molecule has 1 saturated heterocycles. The predicted octanol–water partition coefficient (Wildman–Crippen LogP) is 3.10. The molecule has 1 aliphatic heterocycles. The van der Waals surface area contributed by atoms with Gasteiger partial charge in [0.05, 0.1) is 5.92 Å². The minimum atomic E-state index is -0.148. The summed E-state index contributed by atoms with van der Waals surface area (Å²) < 4.78 is 0. The third-order valence-corrected chi connectivity index (χ3v) is 5.54. The van der Waals surface area contributed by atoms with E-state index in [-0.39, 0.29) is 17.9 Å². The predicted molar refractivity (Wildman–Crippen MR) is 108 cm³/mol. The quantitative estimate of drug-likeness (QED) is 0.718. The van der Waals surface area contributed by atoms with E-state index >= 15 is 0 Å². The number of amides is 3. The molecule has 6 heteroatoms. The summed E-state index contributed by atoms with van der Waals surface area (Å²) in [6.07, 6.45) is 6.25. The van der Waals surface area contributed by atoms with E-state index in [9.17, 15) is 9.59 Å². The van der Waals surface area contributed by atoms with Crippen molar-refractivity contribution in [3.05, 3.63) is 29.8 Å². The standard InChI is InChI=1S/C21H32N4O2/c1-2-22-14-16-7-5-11-19(13-16)23-20(26)17-8-6-12-25(15-17)21(27)24-18-9-3-4-10-18/h5,7,11,13,17-18,22H,2-4,6,8-10,12,14-15H2,1H3,(H,23,26)(H,24,27). The van der Waals surface area contributed by atoms with Crippen LogP contribution in [0.2, 0.25) is 0 Å². The number of urea groups is 1. The van der Waals surface area contributed by atoms with Crippen LogP contribution in [0, 0.1) is 5.92 Å². The Bertz CT molecular complexity index is 643. The van der Waals surface area contributed by atoms with E-state index in [0.717, 1.165) is 56.6 Å². The lowest BCUT2D eigenvalue weighted by Gasteiger charge is -2.33. The van der Waals surface area contributed by atoms with Crippen LogP contribution in [0.5, 0.6) is 0 Å². The number of carbonyl (C=O) groups excluding carboxylic acids is 2. The number of hydrogen-bond acceptors (Lipinski definition) is 3. The molecule has 1 saturated carbocycles. The molecule has 27 heavy (non-hydrogen) atoms. The van der Waals surface area contributed by atoms with Crippen molar-refractivity contribution in [3.63, 3.8) is 0 Å². The van der Waals surface area contributed by atoms with Crippen molar-refractivity contribution in [2.75, 3.05) is 25.0 Å². The van der Waals surface area contributed by atoms with Crippen molar-refractivity contribution in [2.45, 2.75) is 58.0 Å². The molecule has 1 unspecified atom stereocenters. The average Bonchev–Trinajstić information content (AvgIpc) is 3.20. The van der Waals surface area contributed by atoms with Gasteiger partial charge in [0.25, 0.3) is 0 Å². The normalized spacial score (nSPS) is 20.5. The van der Waals surface area contributed by atoms with Gasteiger partial charge < -0.3 is 20.9 Å². The maximum Gasteiger partial charge on any atom is 0.317 e. The second-order valence-corrected chi connectivity index (χ2v) is 7.69. The fourth-order valence-electron chi connectivity index (χ4n) is 3.98. The first-order valence-electron chi connectivity index (χ1n) is 10.3. The molecule has 3 amide bonds. The molecule has 1 aliphatic carbocycles. The molecule has 0 radical (unpaired) electrons. The number of anilines is 1. The number of hydrogen-bond donors (Lipinski definition) is 3. The molecule has 6 nitrogen and oxygen atoms in total. The number of likely N-dealkylation sites (tertiary alicyclic amines) is 1. The van der Waals surface area contributed by atoms with Gasteiger partial charge in [-0.15, -0.1) is 0 Å². The number of piperidine rings is 1. The summed E-state index contributed by atoms with van der Waals surface area (Å²) in [4.78, 5) is 27.0. The summed E-state index contributed by atoms with van der Waals surface area (Å²) in [7, 11) is 0. The van der Waals surface area contributed by atoms with Crippen LogP contribution < -0.4 is 16.0 Å². The van der Waals surface area contributed by atoms with Gasteiger partial charge >= 0.3 is 6.03 Å². The number of nitrogens with one attached hydrogen (secondary N) is 3. The van der Waals surface area contributed by atoms with Crippen LogP contribution in [0.1, 0.15) is 51.0 Å². The van der Waals surface area contributed by atoms with E-state index in [1.165, 1.54) is 12.8 Å². The maximum atomic E-state index is 12.7. The zero-order chi connectivity index (χ0) is 19.1. The van der Waals surface area contributed by atoms with E-state index in [1.54, 1.807) is 0 Å². The third-order valence-electron chi connectivity index (χ3n) is 5.54. The highest BCUT2D eigenvalue weighted by Gasteiger charge is 2.29. The second kappa shape index (κ2) is 9.74. The van der Waals surface area contributed by atoms with Crippen molar-refractivity contribution in [2.24, 2.45) is 5.92 Å². The van der Waals surface area contributed by atoms with E-state index in [0.29, 0.717) is 12.6 Å². The summed E-state index contributed by atoms with van der Waals surface area (Å²) >= 11 is 0. The Hall–Kier alpha value is -2.08. The Labute approximate surface area is 162 Å². The lowest BCUT2D eigenvalue weighted by Crippen LogP contribution is -2.49. The van der Waals surface area contributed by atoms with E-state index < -0.39 is 0 Å². The third kappa shape index (κ3) is 5.70. The molecule has 0 bridgehead atoms. The molecule has 3 rings (SSSR count). The maximum absolute atomic E-state index is 12.7. The number of carbonyl (C=O) groups is 2. The van der Waals surface area contributed by atoms with Crippen molar-refractivity contribution < 1.29 is 9.59 Å². The molecule has 1 heterocycles. The van der Waals surface area contributed by atoms with Crippen molar-refractivity contribution in [1.82, 2.24) is 15.5 Å². The first kappa shape index (κ1) is 19.7. The van der Waals surface area contributed by atoms with Gasteiger partial charge in [-0.25, -0.2) is 4.79 Å². The first-order valence-corrected chi connectivity index (χ1v) is 10.3. The van der Waals surface area contributed by atoms with Crippen LogP contribution in [0.15, 0.2) is 24.3 Å². The highest BCUT2D eigenvalue weighted by Crippen LogP contribution is 2.21. The summed E-state index contributed by atoms with van der Waals surface area (Å²) in [5, 5.41) is 9.46. The summed E-state index contributed by atoms with van der Waals surface area (Å²) in [6, 6.07) is 8.24. The minimum Gasteiger partial charge on any atom is -0.335 e. The van der Waals surface area contributed by atoms with Crippen LogP contribution >= 0.6 is 0 Å². The number of rotatable bonds is 6. The average molecular weight is 373 g/mol. The van der Waals surface area contributed by atoms with Crippen molar-refractivity contribution >= 4 is 17.6 Å². The Balaban J connectivity index is 1.52. The lowest BCUT2D eigenvalue weighted by molar-refractivity contribution is -0.121. The Morgan fingerprint density at radius 1 is 1.15 bits per heavy atom. The molecule has 0 spiro atoms. The molecule has 2 aliphatic rings. The van der Waals surface area contributed by atoms with Crippen molar-refractivity contribution in [1.29, 1.82) is 0 Å². The smallest absolute Gasteiger partial charge is 0.317 e. The zero-order valence-corrected chi connectivity index (χ0v) is 16.3. The fraction of sp³-hybridized carbons (Fsp3) is 0.619. The van der Waals surface area contributed by atoms with Crippen molar-refractivity contribution in [3.8, 4) is 0 Å². The highest BCUT2D eigenvalue weighted by molar-refractivity contribution is 5.93. The SMILES string of the molecule is CCNCc1cccc(NC(=O)C2CCCN(C(=O)NC3CCCC3)C2)c1. The summed E-state index contributed by atoms with van der Waals surface area (Å²) in [5.41, 5.74) is 1.97. The van der Waals surface area contributed by atoms with Gasteiger partial charge in [-0.1, -0.05) is 31.9 Å². The second-order valence-electron chi connectivity index (χ2n) is 7.69. The summed E-state index contributed by atoms with van der Waals surface area (Å²) in [6.45, 7) is 5.02. The Morgan fingerprint density at radius 3 is 2.74 bits per heavy atom. The van der Waals surface area contributed by atoms with Crippen LogP contribution in [0.3, 0.4) is 0 Å². The molecule has 2 fully saturated rings. The highest BCUT2D eigenvalue weighted by atomic mass is 16.2. The first-order chi connectivity index (χ1) is 13.2. The Kier molecular flexibility index (Phi) is 7.10. The van der Waals surface area contributed by atoms with Gasteiger partial charge in [0.15, 0.2) is 0 Å². The van der Waals surface area contributed by atoms with Gasteiger partial charge in [0.2, 0.25) is 5.91 Å². The number of benzene rings is 1. The molecule has 1 aromatic rings. The van der Waals surface area contributed by atoms with Gasteiger partial charge in [-0.3, -0.25) is 4.79 Å². The Morgan fingerprint density at radius 2 is 1.96 bits per heavy atom.